The summed E-state index contributed by atoms with van der Waals surface area (Å²) in [5.41, 5.74) is 1.61. The van der Waals surface area contributed by atoms with E-state index in [9.17, 15) is 24.0 Å². The Morgan fingerprint density at radius 3 is 2.29 bits per heavy atom. The first kappa shape index (κ1) is 27.7. The Balaban J connectivity index is 1.03. The van der Waals surface area contributed by atoms with E-state index in [1.165, 1.54) is 9.80 Å². The number of carbonyl (C=O) groups is 5. The number of rotatable bonds is 14. The summed E-state index contributed by atoms with van der Waals surface area (Å²) in [4.78, 5) is 63.0. The number of benzene rings is 1. The van der Waals surface area contributed by atoms with Gasteiger partial charge in [-0.2, -0.15) is 0 Å². The molecule has 2 saturated heterocycles. The normalized spacial score (nSPS) is 22.4. The van der Waals surface area contributed by atoms with Crippen LogP contribution in [0.3, 0.4) is 0 Å². The summed E-state index contributed by atoms with van der Waals surface area (Å²) in [6.45, 7) is 3.67. The Morgan fingerprint density at radius 2 is 1.68 bits per heavy atom. The molecule has 0 radical (unpaired) electrons. The molecule has 0 saturated carbocycles. The molecule has 2 heterocycles. The standard InChI is InChI=1S/C28H35N3O7/c1-19-26(21-3-2-4-21)28(36)31(27(19)35)14-16-38-18-17-37-15-12-23(32)29-22-8-5-20(6-9-22)7-10-24(33)30-13-11-25(30)34/h2-3,5-6,8-9,19,21,26H,4,7,10-18H2,1H3,(H,29,32). The van der Waals surface area contributed by atoms with Crippen LogP contribution in [0.2, 0.25) is 0 Å². The van der Waals surface area contributed by atoms with E-state index < -0.39 is 0 Å². The zero-order valence-corrected chi connectivity index (χ0v) is 21.7. The smallest absolute Gasteiger partial charge is 0.233 e. The van der Waals surface area contributed by atoms with Crippen LogP contribution in [0.5, 0.6) is 0 Å². The van der Waals surface area contributed by atoms with E-state index in [4.69, 9.17) is 9.47 Å². The predicted octanol–water partition coefficient (Wildman–Crippen LogP) is 1.94. The molecule has 3 aliphatic rings. The molecule has 3 unspecified atom stereocenters. The van der Waals surface area contributed by atoms with Crippen LogP contribution in [0.4, 0.5) is 5.69 Å². The number of nitrogens with one attached hydrogen (secondary N) is 1. The van der Waals surface area contributed by atoms with Crippen LogP contribution < -0.4 is 5.32 Å². The number of anilines is 1. The number of aryl methyl sites for hydroxylation is 1. The van der Waals surface area contributed by atoms with E-state index in [-0.39, 0.29) is 79.9 Å². The van der Waals surface area contributed by atoms with Crippen LogP contribution in [0.15, 0.2) is 36.4 Å². The van der Waals surface area contributed by atoms with Crippen molar-refractivity contribution in [3.63, 3.8) is 0 Å². The van der Waals surface area contributed by atoms with E-state index in [1.54, 1.807) is 12.1 Å². The Kier molecular flexibility index (Phi) is 9.41. The van der Waals surface area contributed by atoms with Gasteiger partial charge in [-0.15, -0.1) is 0 Å². The van der Waals surface area contributed by atoms with Gasteiger partial charge in [-0.3, -0.25) is 33.8 Å². The van der Waals surface area contributed by atoms with E-state index in [2.05, 4.69) is 5.32 Å². The Morgan fingerprint density at radius 1 is 0.974 bits per heavy atom. The second-order valence-electron chi connectivity index (χ2n) is 9.88. The molecule has 0 aromatic heterocycles. The van der Waals surface area contributed by atoms with Gasteiger partial charge in [0.15, 0.2) is 0 Å². The van der Waals surface area contributed by atoms with Crippen molar-refractivity contribution in [2.75, 3.05) is 44.8 Å². The summed E-state index contributed by atoms with van der Waals surface area (Å²) >= 11 is 0. The van der Waals surface area contributed by atoms with Crippen LogP contribution in [0.25, 0.3) is 0 Å². The third kappa shape index (κ3) is 6.73. The molecule has 204 valence electrons. The van der Waals surface area contributed by atoms with Gasteiger partial charge < -0.3 is 14.8 Å². The molecule has 2 fully saturated rings. The molecule has 5 amide bonds. The maximum absolute atomic E-state index is 12.6. The van der Waals surface area contributed by atoms with Gasteiger partial charge in [-0.05, 0) is 36.5 Å². The van der Waals surface area contributed by atoms with Gasteiger partial charge in [-0.1, -0.05) is 31.2 Å². The maximum Gasteiger partial charge on any atom is 0.233 e. The lowest BCUT2D eigenvalue weighted by Crippen LogP contribution is -2.47. The lowest BCUT2D eigenvalue weighted by atomic mass is 9.77. The average molecular weight is 526 g/mol. The number of carbonyl (C=O) groups excluding carboxylic acids is 5. The fourth-order valence-electron chi connectivity index (χ4n) is 4.82. The monoisotopic (exact) mass is 525 g/mol. The highest BCUT2D eigenvalue weighted by Crippen LogP contribution is 2.37. The first-order valence-corrected chi connectivity index (χ1v) is 13.2. The number of nitrogens with zero attached hydrogens (tertiary/aromatic N) is 2. The predicted molar refractivity (Wildman–Crippen MR) is 138 cm³/mol. The molecule has 1 N–H and O–H groups in total. The van der Waals surface area contributed by atoms with E-state index in [0.717, 1.165) is 12.0 Å². The molecule has 0 bridgehead atoms. The molecular formula is C28H35N3O7. The number of allylic oxidation sites excluding steroid dienone is 2. The fourth-order valence-corrected chi connectivity index (χ4v) is 4.82. The number of β-lactam (4-membered cyclic amide) rings is 1. The Labute approximate surface area is 222 Å². The van der Waals surface area contributed by atoms with Gasteiger partial charge in [0.1, 0.15) is 0 Å². The third-order valence-electron chi connectivity index (χ3n) is 7.32. The molecule has 10 nitrogen and oxygen atoms in total. The third-order valence-corrected chi connectivity index (χ3v) is 7.32. The van der Waals surface area contributed by atoms with Gasteiger partial charge in [0.2, 0.25) is 29.5 Å². The van der Waals surface area contributed by atoms with Crippen LogP contribution in [-0.2, 0) is 39.9 Å². The van der Waals surface area contributed by atoms with Crippen LogP contribution in [-0.4, -0.2) is 78.9 Å². The van der Waals surface area contributed by atoms with Gasteiger partial charge in [0.25, 0.3) is 0 Å². The number of hydrogen-bond acceptors (Lipinski definition) is 7. The number of amides is 5. The van der Waals surface area contributed by atoms with E-state index in [1.807, 2.05) is 31.2 Å². The van der Waals surface area contributed by atoms with Crippen LogP contribution in [0, 0.1) is 17.8 Å². The van der Waals surface area contributed by atoms with E-state index >= 15 is 0 Å². The molecule has 1 aromatic rings. The van der Waals surface area contributed by atoms with Crippen LogP contribution in [0.1, 0.15) is 38.2 Å². The molecule has 38 heavy (non-hydrogen) atoms. The SMILES string of the molecule is CC1C(=O)N(CCOCCOCCC(=O)Nc2ccc(CCC(=O)N3CCC3=O)cc2)C(=O)C1C1C=CC1. The highest BCUT2D eigenvalue weighted by molar-refractivity contribution is 6.05. The summed E-state index contributed by atoms with van der Waals surface area (Å²) in [7, 11) is 0. The molecule has 2 aliphatic heterocycles. The van der Waals surface area contributed by atoms with Crippen molar-refractivity contribution < 1.29 is 33.4 Å². The maximum atomic E-state index is 12.6. The van der Waals surface area contributed by atoms with Crippen molar-refractivity contribution in [1.29, 1.82) is 0 Å². The lowest BCUT2D eigenvalue weighted by molar-refractivity contribution is -0.152. The first-order valence-electron chi connectivity index (χ1n) is 13.2. The number of hydrogen-bond donors (Lipinski definition) is 1. The molecule has 0 spiro atoms. The van der Waals surface area contributed by atoms with Crippen LogP contribution >= 0.6 is 0 Å². The van der Waals surface area contributed by atoms with Crippen molar-refractivity contribution in [2.45, 2.75) is 39.0 Å². The summed E-state index contributed by atoms with van der Waals surface area (Å²) in [6, 6.07) is 7.26. The summed E-state index contributed by atoms with van der Waals surface area (Å²) in [5.74, 6) is -1.04. The first-order chi connectivity index (χ1) is 18.3. The van der Waals surface area contributed by atoms with Gasteiger partial charge in [0.05, 0.1) is 45.3 Å². The van der Waals surface area contributed by atoms with Gasteiger partial charge in [-0.25, -0.2) is 0 Å². The molecule has 4 rings (SSSR count). The minimum atomic E-state index is -0.288. The Bertz CT molecular complexity index is 1080. The zero-order chi connectivity index (χ0) is 27.1. The van der Waals surface area contributed by atoms with Crippen molar-refractivity contribution in [1.82, 2.24) is 9.80 Å². The zero-order valence-electron chi connectivity index (χ0n) is 21.7. The molecular weight excluding hydrogens is 490 g/mol. The van der Waals surface area contributed by atoms with Crippen molar-refractivity contribution in [2.24, 2.45) is 17.8 Å². The molecule has 10 heteroatoms. The summed E-state index contributed by atoms with van der Waals surface area (Å²) < 4.78 is 11.0. The Hall–Kier alpha value is -3.37. The highest BCUT2D eigenvalue weighted by Gasteiger charge is 2.48. The second-order valence-corrected chi connectivity index (χ2v) is 9.88. The highest BCUT2D eigenvalue weighted by atomic mass is 16.5. The van der Waals surface area contributed by atoms with E-state index in [0.29, 0.717) is 38.3 Å². The topological polar surface area (TPSA) is 122 Å². The van der Waals surface area contributed by atoms with Crippen molar-refractivity contribution in [3.05, 3.63) is 42.0 Å². The number of imide groups is 2. The van der Waals surface area contributed by atoms with Crippen molar-refractivity contribution >= 4 is 35.2 Å². The molecule has 3 atom stereocenters. The minimum Gasteiger partial charge on any atom is -0.379 e. The largest absolute Gasteiger partial charge is 0.379 e. The minimum absolute atomic E-state index is 0.104. The second kappa shape index (κ2) is 12.9. The molecule has 1 aliphatic carbocycles. The number of likely N-dealkylation sites (tertiary alicyclic amines) is 2. The van der Waals surface area contributed by atoms with Gasteiger partial charge in [0, 0.05) is 31.0 Å². The number of ether oxygens (including phenoxy) is 2. The average Bonchev–Trinajstić information content (AvgIpc) is 3.06. The lowest BCUT2D eigenvalue weighted by Gasteiger charge is -2.28. The summed E-state index contributed by atoms with van der Waals surface area (Å²) in [6.07, 6.45) is 6.34. The quantitative estimate of drug-likeness (QED) is 0.170. The molecule has 1 aromatic carbocycles. The van der Waals surface area contributed by atoms with Gasteiger partial charge >= 0.3 is 0 Å². The van der Waals surface area contributed by atoms with Crippen molar-refractivity contribution in [3.8, 4) is 0 Å². The fraction of sp³-hybridized carbons (Fsp3) is 0.536. The summed E-state index contributed by atoms with van der Waals surface area (Å²) in [5, 5.41) is 2.81.